The third-order valence-corrected chi connectivity index (χ3v) is 4.23. The van der Waals surface area contributed by atoms with Crippen LogP contribution in [-0.4, -0.2) is 48.6 Å². The van der Waals surface area contributed by atoms with Crippen molar-refractivity contribution < 1.29 is 8.42 Å². The van der Waals surface area contributed by atoms with Gasteiger partial charge in [0.1, 0.15) is 6.33 Å². The average Bonchev–Trinajstić information content (AvgIpc) is 2.79. The van der Waals surface area contributed by atoms with Gasteiger partial charge in [-0.2, -0.15) is 5.10 Å². The molecule has 1 rings (SSSR count). The molecule has 0 unspecified atom stereocenters. The van der Waals surface area contributed by atoms with Crippen molar-refractivity contribution in [1.29, 1.82) is 0 Å². The Kier molecular flexibility index (Phi) is 7.71. The molecule has 1 heterocycles. The summed E-state index contributed by atoms with van der Waals surface area (Å²) in [7, 11) is -1.39. The van der Waals surface area contributed by atoms with Gasteiger partial charge in [-0.25, -0.2) is 18.1 Å². The summed E-state index contributed by atoms with van der Waals surface area (Å²) >= 11 is 0. The van der Waals surface area contributed by atoms with E-state index >= 15 is 0 Å². The Bertz CT molecular complexity index is 472. The lowest BCUT2D eigenvalue weighted by Crippen LogP contribution is -2.29. The van der Waals surface area contributed by atoms with Crippen LogP contribution in [0.4, 0.5) is 0 Å². The molecular weight excluding hydrogens is 278 g/mol. The molecule has 20 heavy (non-hydrogen) atoms. The molecule has 0 saturated carbocycles. The van der Waals surface area contributed by atoms with Crippen molar-refractivity contribution in [1.82, 2.24) is 24.8 Å². The van der Waals surface area contributed by atoms with E-state index in [9.17, 15) is 8.42 Å². The molecule has 8 heteroatoms. The van der Waals surface area contributed by atoms with Crippen LogP contribution in [0.1, 0.15) is 32.0 Å². The van der Waals surface area contributed by atoms with E-state index in [1.165, 1.54) is 0 Å². The van der Waals surface area contributed by atoms with E-state index in [4.69, 9.17) is 0 Å². The molecule has 7 nitrogen and oxygen atoms in total. The number of nitrogens with zero attached hydrogens (tertiary/aromatic N) is 3. The van der Waals surface area contributed by atoms with Gasteiger partial charge in [-0.3, -0.25) is 4.68 Å². The Morgan fingerprint density at radius 2 is 2.05 bits per heavy atom. The second-order valence-electron chi connectivity index (χ2n) is 4.75. The van der Waals surface area contributed by atoms with Gasteiger partial charge < -0.3 is 5.32 Å². The molecule has 116 valence electrons. The third kappa shape index (κ3) is 7.56. The first-order chi connectivity index (χ1) is 9.53. The fourth-order valence-corrected chi connectivity index (χ4v) is 2.87. The summed E-state index contributed by atoms with van der Waals surface area (Å²) in [6.07, 6.45) is 4.77. The highest BCUT2D eigenvalue weighted by molar-refractivity contribution is 7.89. The molecule has 0 fully saturated rings. The number of hydrogen-bond donors (Lipinski definition) is 2. The summed E-state index contributed by atoms with van der Waals surface area (Å²) in [6.45, 7) is 4.32. The minimum absolute atomic E-state index is 0.177. The van der Waals surface area contributed by atoms with E-state index in [-0.39, 0.29) is 5.75 Å². The van der Waals surface area contributed by atoms with Crippen molar-refractivity contribution in [3.63, 3.8) is 0 Å². The Balaban J connectivity index is 2.11. The van der Waals surface area contributed by atoms with Crippen LogP contribution in [0.25, 0.3) is 0 Å². The smallest absolute Gasteiger partial charge is 0.211 e. The first kappa shape index (κ1) is 17.1. The van der Waals surface area contributed by atoms with Crippen LogP contribution >= 0.6 is 0 Å². The lowest BCUT2D eigenvalue weighted by molar-refractivity contribution is 0.572. The highest BCUT2D eigenvalue weighted by atomic mass is 32.2. The Labute approximate surface area is 121 Å². The summed E-state index contributed by atoms with van der Waals surface area (Å²) in [6, 6.07) is 0. The molecule has 1 aromatic heterocycles. The van der Waals surface area contributed by atoms with Crippen molar-refractivity contribution in [3.05, 3.63) is 12.2 Å². The van der Waals surface area contributed by atoms with Gasteiger partial charge in [-0.05, 0) is 32.4 Å². The molecule has 0 spiro atoms. The molecule has 1 aromatic rings. The fourth-order valence-electron chi connectivity index (χ4n) is 1.73. The van der Waals surface area contributed by atoms with E-state index in [1.54, 1.807) is 18.1 Å². The molecule has 0 aromatic carbocycles. The molecule has 0 amide bonds. The van der Waals surface area contributed by atoms with E-state index < -0.39 is 10.0 Å². The second-order valence-corrected chi connectivity index (χ2v) is 6.68. The van der Waals surface area contributed by atoms with E-state index in [1.807, 2.05) is 0 Å². The van der Waals surface area contributed by atoms with Gasteiger partial charge in [0.25, 0.3) is 0 Å². The van der Waals surface area contributed by atoms with Crippen LogP contribution in [0.15, 0.2) is 6.33 Å². The van der Waals surface area contributed by atoms with Crippen molar-refractivity contribution in [2.75, 3.05) is 25.4 Å². The van der Waals surface area contributed by atoms with Gasteiger partial charge in [0.05, 0.1) is 5.75 Å². The van der Waals surface area contributed by atoms with E-state index in [0.29, 0.717) is 25.2 Å². The summed E-state index contributed by atoms with van der Waals surface area (Å²) in [5.41, 5.74) is 0. The first-order valence-corrected chi connectivity index (χ1v) is 8.71. The van der Waals surface area contributed by atoms with Crippen molar-refractivity contribution in [3.8, 4) is 0 Å². The highest BCUT2D eigenvalue weighted by Gasteiger charge is 2.09. The minimum Gasteiger partial charge on any atom is -0.317 e. The number of rotatable bonds is 11. The molecule has 0 bridgehead atoms. The standard InChI is InChI=1S/C12H25N5O2S/c1-3-7-13-8-4-5-10-20(18,19)15-9-6-12-14-11-17(2)16-12/h11,13,15H,3-10H2,1-2H3. The Morgan fingerprint density at radius 1 is 1.25 bits per heavy atom. The maximum Gasteiger partial charge on any atom is 0.211 e. The molecule has 0 aliphatic heterocycles. The predicted octanol–water partition coefficient (Wildman–Crippen LogP) is 0.0568. The van der Waals surface area contributed by atoms with Gasteiger partial charge >= 0.3 is 0 Å². The topological polar surface area (TPSA) is 88.9 Å². The molecule has 2 N–H and O–H groups in total. The predicted molar refractivity (Wildman–Crippen MR) is 78.9 cm³/mol. The van der Waals surface area contributed by atoms with Crippen LogP contribution in [-0.2, 0) is 23.5 Å². The summed E-state index contributed by atoms with van der Waals surface area (Å²) in [5.74, 6) is 0.829. The largest absolute Gasteiger partial charge is 0.317 e. The molecule has 0 saturated heterocycles. The molecule has 0 radical (unpaired) electrons. The zero-order valence-corrected chi connectivity index (χ0v) is 13.1. The third-order valence-electron chi connectivity index (χ3n) is 2.76. The average molecular weight is 303 g/mol. The fraction of sp³-hybridized carbons (Fsp3) is 0.833. The number of aryl methyl sites for hydroxylation is 1. The number of hydrogen-bond acceptors (Lipinski definition) is 5. The second kappa shape index (κ2) is 9.04. The maximum atomic E-state index is 11.7. The number of unbranched alkanes of at least 4 members (excludes halogenated alkanes) is 1. The number of aromatic nitrogens is 3. The van der Waals surface area contributed by atoms with Gasteiger partial charge in [0.2, 0.25) is 10.0 Å². The zero-order chi connectivity index (χ0) is 14.8. The van der Waals surface area contributed by atoms with Gasteiger partial charge in [-0.1, -0.05) is 6.92 Å². The van der Waals surface area contributed by atoms with Crippen molar-refractivity contribution >= 4 is 10.0 Å². The van der Waals surface area contributed by atoms with Crippen LogP contribution < -0.4 is 10.0 Å². The van der Waals surface area contributed by atoms with Gasteiger partial charge in [-0.15, -0.1) is 0 Å². The number of sulfonamides is 1. The lowest BCUT2D eigenvalue weighted by Gasteiger charge is -2.06. The Morgan fingerprint density at radius 3 is 2.70 bits per heavy atom. The molecule has 0 aliphatic rings. The summed E-state index contributed by atoms with van der Waals surface area (Å²) in [5, 5.41) is 7.35. The summed E-state index contributed by atoms with van der Waals surface area (Å²) < 4.78 is 27.7. The van der Waals surface area contributed by atoms with Gasteiger partial charge in [0.15, 0.2) is 5.82 Å². The van der Waals surface area contributed by atoms with Crippen molar-refractivity contribution in [2.45, 2.75) is 32.6 Å². The van der Waals surface area contributed by atoms with E-state index in [0.717, 1.165) is 25.9 Å². The SMILES string of the molecule is CCCNCCCCS(=O)(=O)NCCc1ncn(C)n1. The minimum atomic E-state index is -3.18. The zero-order valence-electron chi connectivity index (χ0n) is 12.3. The normalized spacial score (nSPS) is 11.9. The number of nitrogens with one attached hydrogen (secondary N) is 2. The molecule has 0 atom stereocenters. The molecular formula is C12H25N5O2S. The summed E-state index contributed by atoms with van der Waals surface area (Å²) in [4.78, 5) is 4.05. The highest BCUT2D eigenvalue weighted by Crippen LogP contribution is 1.95. The maximum absolute atomic E-state index is 11.7. The van der Waals surface area contributed by atoms with Crippen LogP contribution in [0.2, 0.25) is 0 Å². The van der Waals surface area contributed by atoms with Crippen LogP contribution in [0, 0.1) is 0 Å². The lowest BCUT2D eigenvalue weighted by atomic mass is 10.3. The molecule has 0 aliphatic carbocycles. The van der Waals surface area contributed by atoms with Crippen molar-refractivity contribution in [2.24, 2.45) is 7.05 Å². The quantitative estimate of drug-likeness (QED) is 0.564. The monoisotopic (exact) mass is 303 g/mol. The Hall–Kier alpha value is -0.990. The van der Waals surface area contributed by atoms with Crippen LogP contribution in [0.5, 0.6) is 0 Å². The van der Waals surface area contributed by atoms with Gasteiger partial charge in [0, 0.05) is 20.0 Å². The van der Waals surface area contributed by atoms with E-state index in [2.05, 4.69) is 27.0 Å². The first-order valence-electron chi connectivity index (χ1n) is 7.06. The van der Waals surface area contributed by atoms with Crippen LogP contribution in [0.3, 0.4) is 0 Å².